The number of pyridine rings is 1. The Bertz CT molecular complexity index is 3270. The van der Waals surface area contributed by atoms with Crippen LogP contribution in [0.1, 0.15) is 0 Å². The van der Waals surface area contributed by atoms with Crippen LogP contribution in [0.3, 0.4) is 0 Å². The Labute approximate surface area is 313 Å². The van der Waals surface area contributed by atoms with Crippen molar-refractivity contribution in [3.63, 3.8) is 0 Å². The third kappa shape index (κ3) is 4.76. The predicted molar refractivity (Wildman–Crippen MR) is 231 cm³/mol. The first-order chi connectivity index (χ1) is 26.8. The van der Waals surface area contributed by atoms with Gasteiger partial charge in [0.15, 0.2) is 0 Å². The molecule has 0 N–H and O–H groups in total. The van der Waals surface area contributed by atoms with Crippen molar-refractivity contribution in [3.8, 4) is 44.5 Å². The van der Waals surface area contributed by atoms with Crippen molar-refractivity contribution in [2.45, 2.75) is 0 Å². The Balaban J connectivity index is 1.21. The second-order valence-electron chi connectivity index (χ2n) is 14.2. The van der Waals surface area contributed by atoms with E-state index >= 15 is 0 Å². The summed E-state index contributed by atoms with van der Waals surface area (Å²) in [6.45, 7) is 0. The molecule has 1 heteroatoms. The summed E-state index contributed by atoms with van der Waals surface area (Å²) in [5, 5.41) is 13.7. The fourth-order valence-corrected chi connectivity index (χ4v) is 8.86. The van der Waals surface area contributed by atoms with Gasteiger partial charge in [0, 0.05) is 11.6 Å². The summed E-state index contributed by atoms with van der Waals surface area (Å²) in [6, 6.07) is 71.2. The van der Waals surface area contributed by atoms with Gasteiger partial charge in [-0.3, -0.25) is 4.98 Å². The molecular formula is C53H33N. The molecule has 11 rings (SSSR count). The number of nitrogens with zero attached hydrogens (tertiary/aromatic N) is 1. The lowest BCUT2D eigenvalue weighted by molar-refractivity contribution is 1.42. The van der Waals surface area contributed by atoms with Crippen LogP contribution >= 0.6 is 0 Å². The van der Waals surface area contributed by atoms with Crippen molar-refractivity contribution in [3.05, 3.63) is 200 Å². The van der Waals surface area contributed by atoms with E-state index in [2.05, 4.69) is 188 Å². The van der Waals surface area contributed by atoms with E-state index in [1.165, 1.54) is 104 Å². The standard InChI is InChI=1S/C53H33N/c1-3-19-39-34(13-1)15-10-25-44(39)52-46-23-7-8-24-47(46)53(45-26-11-16-35-14-2-4-20-40(35)45)50-32-37(28-29-48(50)52)36-17-9-18-38(31-36)49-33-51-43(27-12-30-54-51)41-21-5-6-22-42(41)49/h1-33H. The molecule has 0 fully saturated rings. The second-order valence-corrected chi connectivity index (χ2v) is 14.2. The normalized spacial score (nSPS) is 11.7. The van der Waals surface area contributed by atoms with Gasteiger partial charge in [0.1, 0.15) is 0 Å². The lowest BCUT2D eigenvalue weighted by Gasteiger charge is -2.20. The van der Waals surface area contributed by atoms with Gasteiger partial charge in [0.2, 0.25) is 0 Å². The molecule has 0 aliphatic rings. The molecule has 1 aromatic heterocycles. The van der Waals surface area contributed by atoms with Gasteiger partial charge in [-0.1, -0.05) is 170 Å². The Morgan fingerprint density at radius 2 is 0.759 bits per heavy atom. The molecule has 0 aliphatic heterocycles. The van der Waals surface area contributed by atoms with E-state index in [4.69, 9.17) is 4.98 Å². The highest BCUT2D eigenvalue weighted by Gasteiger charge is 2.20. The molecule has 0 radical (unpaired) electrons. The SMILES string of the molecule is c1cc(-c2ccc3c(-c4cccc5ccccc45)c4ccccc4c(-c4cccc5ccccc45)c3c2)cc(-c2cc3ncccc3c3ccccc23)c1. The van der Waals surface area contributed by atoms with Crippen molar-refractivity contribution in [2.24, 2.45) is 0 Å². The van der Waals surface area contributed by atoms with Gasteiger partial charge in [-0.05, 0) is 123 Å². The molecule has 0 aliphatic carbocycles. The van der Waals surface area contributed by atoms with E-state index in [9.17, 15) is 0 Å². The topological polar surface area (TPSA) is 12.9 Å². The monoisotopic (exact) mass is 683 g/mol. The summed E-state index contributed by atoms with van der Waals surface area (Å²) in [6.07, 6.45) is 1.89. The molecule has 250 valence electrons. The van der Waals surface area contributed by atoms with Gasteiger partial charge in [-0.2, -0.15) is 0 Å². The van der Waals surface area contributed by atoms with Gasteiger partial charge < -0.3 is 0 Å². The molecule has 0 amide bonds. The molecule has 0 bridgehead atoms. The fraction of sp³-hybridized carbons (Fsp3) is 0. The molecule has 54 heavy (non-hydrogen) atoms. The Morgan fingerprint density at radius 3 is 1.46 bits per heavy atom. The molecular weight excluding hydrogens is 651 g/mol. The van der Waals surface area contributed by atoms with E-state index < -0.39 is 0 Å². The smallest absolute Gasteiger partial charge is 0.0714 e. The third-order valence-electron chi connectivity index (χ3n) is 11.3. The van der Waals surface area contributed by atoms with Gasteiger partial charge in [0.25, 0.3) is 0 Å². The zero-order valence-corrected chi connectivity index (χ0v) is 29.5. The van der Waals surface area contributed by atoms with Gasteiger partial charge >= 0.3 is 0 Å². The highest BCUT2D eigenvalue weighted by atomic mass is 14.6. The van der Waals surface area contributed by atoms with Crippen molar-refractivity contribution < 1.29 is 0 Å². The molecule has 0 saturated carbocycles. The minimum atomic E-state index is 1.01. The summed E-state index contributed by atoms with van der Waals surface area (Å²) >= 11 is 0. The molecule has 1 heterocycles. The van der Waals surface area contributed by atoms with Crippen LogP contribution in [0.25, 0.3) is 109 Å². The van der Waals surface area contributed by atoms with Crippen LogP contribution in [0, 0.1) is 0 Å². The van der Waals surface area contributed by atoms with E-state index in [-0.39, 0.29) is 0 Å². The number of rotatable bonds is 4. The maximum Gasteiger partial charge on any atom is 0.0714 e. The summed E-state index contributed by atoms with van der Waals surface area (Å²) in [5.74, 6) is 0. The molecule has 0 saturated heterocycles. The number of benzene rings is 10. The van der Waals surface area contributed by atoms with Crippen LogP contribution in [0.4, 0.5) is 0 Å². The minimum absolute atomic E-state index is 1.01. The van der Waals surface area contributed by atoms with Crippen LogP contribution < -0.4 is 0 Å². The fourth-order valence-electron chi connectivity index (χ4n) is 8.86. The zero-order valence-electron chi connectivity index (χ0n) is 29.5. The van der Waals surface area contributed by atoms with E-state index in [0.717, 1.165) is 5.52 Å². The van der Waals surface area contributed by atoms with Crippen LogP contribution in [0.5, 0.6) is 0 Å². The average molecular weight is 684 g/mol. The minimum Gasteiger partial charge on any atom is -0.256 e. The molecule has 1 nitrogen and oxygen atoms in total. The van der Waals surface area contributed by atoms with Crippen molar-refractivity contribution in [1.82, 2.24) is 4.98 Å². The van der Waals surface area contributed by atoms with Crippen molar-refractivity contribution in [2.75, 3.05) is 0 Å². The van der Waals surface area contributed by atoms with Crippen LogP contribution in [-0.2, 0) is 0 Å². The first-order valence-corrected chi connectivity index (χ1v) is 18.6. The van der Waals surface area contributed by atoms with Crippen LogP contribution in [0.15, 0.2) is 200 Å². The average Bonchev–Trinajstić information content (AvgIpc) is 3.25. The molecule has 0 spiro atoms. The zero-order chi connectivity index (χ0) is 35.6. The Kier molecular flexibility index (Phi) is 6.93. The molecule has 0 unspecified atom stereocenters. The summed E-state index contributed by atoms with van der Waals surface area (Å²) in [4.78, 5) is 4.77. The maximum absolute atomic E-state index is 4.77. The highest BCUT2D eigenvalue weighted by molar-refractivity contribution is 6.25. The second kappa shape index (κ2) is 12.3. The summed E-state index contributed by atoms with van der Waals surface area (Å²) in [7, 11) is 0. The van der Waals surface area contributed by atoms with Gasteiger partial charge in [-0.15, -0.1) is 0 Å². The van der Waals surface area contributed by atoms with Crippen LogP contribution in [-0.4, -0.2) is 4.98 Å². The first kappa shape index (κ1) is 30.5. The largest absolute Gasteiger partial charge is 0.256 e. The number of hydrogen-bond donors (Lipinski definition) is 0. The lowest BCUT2D eigenvalue weighted by atomic mass is 9.82. The predicted octanol–water partition coefficient (Wildman–Crippen LogP) is 14.7. The number of hydrogen-bond acceptors (Lipinski definition) is 1. The maximum atomic E-state index is 4.77. The molecule has 11 aromatic rings. The molecule has 0 atom stereocenters. The first-order valence-electron chi connectivity index (χ1n) is 18.6. The quantitative estimate of drug-likeness (QED) is 0.133. The van der Waals surface area contributed by atoms with Crippen molar-refractivity contribution in [1.29, 1.82) is 0 Å². The van der Waals surface area contributed by atoms with E-state index in [0.29, 0.717) is 0 Å². The summed E-state index contributed by atoms with van der Waals surface area (Å²) in [5.41, 5.74) is 10.8. The Hall–Kier alpha value is -7.09. The number of aromatic nitrogens is 1. The van der Waals surface area contributed by atoms with Gasteiger partial charge in [0.05, 0.1) is 5.52 Å². The number of fused-ring (bicyclic) bond motifs is 7. The molecule has 10 aromatic carbocycles. The van der Waals surface area contributed by atoms with Crippen molar-refractivity contribution >= 4 is 64.8 Å². The Morgan fingerprint density at radius 1 is 0.259 bits per heavy atom. The lowest BCUT2D eigenvalue weighted by Crippen LogP contribution is -1.93. The van der Waals surface area contributed by atoms with Gasteiger partial charge in [-0.25, -0.2) is 0 Å². The summed E-state index contributed by atoms with van der Waals surface area (Å²) < 4.78 is 0. The van der Waals surface area contributed by atoms with Crippen LogP contribution in [0.2, 0.25) is 0 Å². The highest BCUT2D eigenvalue weighted by Crippen LogP contribution is 2.48. The van der Waals surface area contributed by atoms with E-state index in [1.807, 2.05) is 12.3 Å². The van der Waals surface area contributed by atoms with E-state index in [1.54, 1.807) is 0 Å². The third-order valence-corrected chi connectivity index (χ3v) is 11.3.